The summed E-state index contributed by atoms with van der Waals surface area (Å²) in [6.45, 7) is 4.92. The third-order valence-electron chi connectivity index (χ3n) is 4.11. The Balaban J connectivity index is 1.60. The van der Waals surface area contributed by atoms with E-state index in [0.29, 0.717) is 23.7 Å². The lowest BCUT2D eigenvalue weighted by Gasteiger charge is -2.32. The normalized spacial score (nSPS) is 17.8. The van der Waals surface area contributed by atoms with Gasteiger partial charge in [-0.25, -0.2) is 9.97 Å². The van der Waals surface area contributed by atoms with Gasteiger partial charge in [0.25, 0.3) is 0 Å². The molecule has 128 valence electrons. The van der Waals surface area contributed by atoms with E-state index in [1.807, 2.05) is 18.7 Å². The van der Waals surface area contributed by atoms with Crippen molar-refractivity contribution in [2.75, 3.05) is 13.1 Å². The van der Waals surface area contributed by atoms with Crippen LogP contribution in [-0.4, -0.2) is 45.1 Å². The number of nitrogens with zero attached hydrogens (tertiary/aromatic N) is 4. The number of amides is 1. The minimum absolute atomic E-state index is 0.0507. The number of aromatic nitrogens is 3. The van der Waals surface area contributed by atoms with Crippen LogP contribution in [0.1, 0.15) is 29.9 Å². The average molecular weight is 351 g/mol. The smallest absolute Gasteiger partial charge is 0.316 e. The maximum absolute atomic E-state index is 12.6. The summed E-state index contributed by atoms with van der Waals surface area (Å²) in [5, 5.41) is 4.35. The summed E-state index contributed by atoms with van der Waals surface area (Å²) in [5.74, 6) is 0.745. The van der Waals surface area contributed by atoms with Crippen LogP contribution in [0.5, 0.6) is 6.01 Å². The summed E-state index contributed by atoms with van der Waals surface area (Å²) >= 11 is 5.77. The quantitative estimate of drug-likeness (QED) is 0.841. The second-order valence-corrected chi connectivity index (χ2v) is 6.32. The third-order valence-corrected chi connectivity index (χ3v) is 4.30. The van der Waals surface area contributed by atoms with E-state index in [-0.39, 0.29) is 18.0 Å². The van der Waals surface area contributed by atoms with Crippen molar-refractivity contribution in [3.8, 4) is 6.01 Å². The highest BCUT2D eigenvalue weighted by molar-refractivity contribution is 6.30. The molecule has 0 N–H and O–H groups in total. The van der Waals surface area contributed by atoms with Crippen LogP contribution < -0.4 is 4.74 Å². The summed E-state index contributed by atoms with van der Waals surface area (Å²) in [6.07, 6.45) is 4.91. The minimum atomic E-state index is -0.117. The molecule has 8 heteroatoms. The van der Waals surface area contributed by atoms with Gasteiger partial charge in [-0.05, 0) is 26.7 Å². The van der Waals surface area contributed by atoms with Crippen molar-refractivity contribution < 1.29 is 14.1 Å². The summed E-state index contributed by atoms with van der Waals surface area (Å²) in [5.41, 5.74) is 1.63. The molecule has 0 saturated carbocycles. The Labute approximate surface area is 145 Å². The molecule has 2 aromatic heterocycles. The number of piperidine rings is 1. The van der Waals surface area contributed by atoms with Crippen molar-refractivity contribution in [3.05, 3.63) is 34.4 Å². The minimum Gasteiger partial charge on any atom is -0.458 e. The zero-order valence-corrected chi connectivity index (χ0v) is 14.4. The summed E-state index contributed by atoms with van der Waals surface area (Å²) in [7, 11) is 0. The SMILES string of the molecule is Cc1noc(C)c1CC(=O)N1CCCC(Oc2ncc(Cl)cn2)C1. The lowest BCUT2D eigenvalue weighted by atomic mass is 10.1. The Bertz CT molecular complexity index is 697. The number of ether oxygens (including phenoxy) is 1. The topological polar surface area (TPSA) is 81.4 Å². The number of carbonyl (C=O) groups excluding carboxylic acids is 1. The number of rotatable bonds is 4. The van der Waals surface area contributed by atoms with Crippen molar-refractivity contribution in [2.45, 2.75) is 39.2 Å². The monoisotopic (exact) mass is 350 g/mol. The maximum atomic E-state index is 12.6. The van der Waals surface area contributed by atoms with Crippen LogP contribution in [0.15, 0.2) is 16.9 Å². The van der Waals surface area contributed by atoms with E-state index >= 15 is 0 Å². The molecule has 1 amide bonds. The Morgan fingerprint density at radius 3 is 2.83 bits per heavy atom. The first-order valence-electron chi connectivity index (χ1n) is 7.86. The molecule has 0 aromatic carbocycles. The molecule has 1 atom stereocenters. The van der Waals surface area contributed by atoms with Gasteiger partial charge in [0.05, 0.1) is 36.1 Å². The molecule has 0 radical (unpaired) electrons. The summed E-state index contributed by atoms with van der Waals surface area (Å²) < 4.78 is 10.9. The van der Waals surface area contributed by atoms with Gasteiger partial charge in [0.2, 0.25) is 5.91 Å². The molecule has 0 bridgehead atoms. The van der Waals surface area contributed by atoms with Crippen LogP contribution in [0.25, 0.3) is 0 Å². The molecule has 1 aliphatic heterocycles. The van der Waals surface area contributed by atoms with Crippen LogP contribution >= 0.6 is 11.6 Å². The molecule has 1 aliphatic rings. The highest BCUT2D eigenvalue weighted by Gasteiger charge is 2.26. The number of halogens is 1. The fourth-order valence-electron chi connectivity index (χ4n) is 2.79. The van der Waals surface area contributed by atoms with Crippen molar-refractivity contribution in [3.63, 3.8) is 0 Å². The van der Waals surface area contributed by atoms with E-state index in [1.54, 1.807) is 0 Å². The first kappa shape index (κ1) is 16.7. The standard InChI is InChI=1S/C16H19ClN4O3/c1-10-14(11(2)24-20-10)6-15(22)21-5-3-4-13(9-21)23-16-18-7-12(17)8-19-16/h7-8,13H,3-6,9H2,1-2H3. The van der Waals surface area contributed by atoms with Gasteiger partial charge in [-0.3, -0.25) is 4.79 Å². The highest BCUT2D eigenvalue weighted by Crippen LogP contribution is 2.19. The van der Waals surface area contributed by atoms with E-state index in [4.69, 9.17) is 20.9 Å². The fraction of sp³-hybridized carbons (Fsp3) is 0.500. The number of hydrogen-bond acceptors (Lipinski definition) is 6. The first-order valence-corrected chi connectivity index (χ1v) is 8.24. The van der Waals surface area contributed by atoms with Gasteiger partial charge in [0, 0.05) is 12.1 Å². The molecular weight excluding hydrogens is 332 g/mol. The molecule has 3 rings (SSSR count). The molecule has 2 aromatic rings. The molecule has 3 heterocycles. The molecule has 1 fully saturated rings. The fourth-order valence-corrected chi connectivity index (χ4v) is 2.89. The molecule has 24 heavy (non-hydrogen) atoms. The third kappa shape index (κ3) is 3.84. The zero-order chi connectivity index (χ0) is 17.1. The Morgan fingerprint density at radius 1 is 1.42 bits per heavy atom. The number of likely N-dealkylation sites (tertiary alicyclic amines) is 1. The van der Waals surface area contributed by atoms with Gasteiger partial charge >= 0.3 is 6.01 Å². The second kappa shape index (κ2) is 7.17. The molecule has 0 spiro atoms. The van der Waals surface area contributed by atoms with Crippen molar-refractivity contribution in [1.29, 1.82) is 0 Å². The van der Waals surface area contributed by atoms with E-state index in [2.05, 4.69) is 15.1 Å². The number of carbonyl (C=O) groups is 1. The van der Waals surface area contributed by atoms with Crippen molar-refractivity contribution in [2.24, 2.45) is 0 Å². The Hall–Kier alpha value is -2.15. The lowest BCUT2D eigenvalue weighted by Crippen LogP contribution is -2.45. The summed E-state index contributed by atoms with van der Waals surface area (Å²) in [4.78, 5) is 22.5. The average Bonchev–Trinajstić information content (AvgIpc) is 2.89. The van der Waals surface area contributed by atoms with Crippen LogP contribution in [0.4, 0.5) is 0 Å². The van der Waals surface area contributed by atoms with Crippen LogP contribution in [0.3, 0.4) is 0 Å². The van der Waals surface area contributed by atoms with E-state index in [9.17, 15) is 4.79 Å². The van der Waals surface area contributed by atoms with Crippen molar-refractivity contribution in [1.82, 2.24) is 20.0 Å². The number of hydrogen-bond donors (Lipinski definition) is 0. The van der Waals surface area contributed by atoms with E-state index in [1.165, 1.54) is 12.4 Å². The predicted octanol–water partition coefficient (Wildman–Crippen LogP) is 2.35. The first-order chi connectivity index (χ1) is 11.5. The van der Waals surface area contributed by atoms with Crippen LogP contribution in [0.2, 0.25) is 5.02 Å². The van der Waals surface area contributed by atoms with Gasteiger partial charge in [0.1, 0.15) is 11.9 Å². The summed E-state index contributed by atoms with van der Waals surface area (Å²) in [6, 6.07) is 0.282. The van der Waals surface area contributed by atoms with Crippen LogP contribution in [-0.2, 0) is 11.2 Å². The van der Waals surface area contributed by atoms with Gasteiger partial charge in [0.15, 0.2) is 0 Å². The molecule has 0 aliphatic carbocycles. The van der Waals surface area contributed by atoms with E-state index in [0.717, 1.165) is 30.6 Å². The van der Waals surface area contributed by atoms with Crippen LogP contribution in [0, 0.1) is 13.8 Å². The number of aryl methyl sites for hydroxylation is 2. The van der Waals surface area contributed by atoms with Crippen molar-refractivity contribution >= 4 is 17.5 Å². The maximum Gasteiger partial charge on any atom is 0.316 e. The molecule has 7 nitrogen and oxygen atoms in total. The van der Waals surface area contributed by atoms with Gasteiger partial charge in [-0.1, -0.05) is 16.8 Å². The second-order valence-electron chi connectivity index (χ2n) is 5.89. The molecular formula is C16H19ClN4O3. The molecule has 1 unspecified atom stereocenters. The van der Waals surface area contributed by atoms with E-state index < -0.39 is 0 Å². The lowest BCUT2D eigenvalue weighted by molar-refractivity contribution is -0.133. The van der Waals surface area contributed by atoms with Gasteiger partial charge in [-0.15, -0.1) is 0 Å². The largest absolute Gasteiger partial charge is 0.458 e. The predicted molar refractivity (Wildman–Crippen MR) is 87.0 cm³/mol. The molecule has 1 saturated heterocycles. The zero-order valence-electron chi connectivity index (χ0n) is 13.7. The Kier molecular flexibility index (Phi) is 4.99. The highest BCUT2D eigenvalue weighted by atomic mass is 35.5. The van der Waals surface area contributed by atoms with Gasteiger partial charge < -0.3 is 14.2 Å². The Morgan fingerprint density at radius 2 is 2.17 bits per heavy atom. The van der Waals surface area contributed by atoms with Gasteiger partial charge in [-0.2, -0.15) is 0 Å².